The van der Waals surface area contributed by atoms with Gasteiger partial charge in [-0.3, -0.25) is 4.79 Å². The third-order valence-electron chi connectivity index (χ3n) is 1.44. The van der Waals surface area contributed by atoms with Crippen LogP contribution >= 0.6 is 0 Å². The fraction of sp³-hybridized carbons (Fsp3) is 0.500. The van der Waals surface area contributed by atoms with Crippen molar-refractivity contribution in [3.8, 4) is 0 Å². The van der Waals surface area contributed by atoms with Crippen molar-refractivity contribution in [2.24, 2.45) is 0 Å². The van der Waals surface area contributed by atoms with Crippen molar-refractivity contribution < 1.29 is 34.4 Å². The minimum absolute atomic E-state index is 0. The number of carboxylic acids is 3. The summed E-state index contributed by atoms with van der Waals surface area (Å²) in [5, 5.41) is 25.2. The number of carbonyl (C=O) groups is 3. The van der Waals surface area contributed by atoms with Crippen molar-refractivity contribution in [2.45, 2.75) is 12.0 Å². The Bertz CT molecular complexity index is 241. The van der Waals surface area contributed by atoms with E-state index < -0.39 is 29.9 Å². The second kappa shape index (κ2) is 11.5. The number of hydrogen-bond acceptors (Lipinski definition) is 4. The summed E-state index contributed by atoms with van der Waals surface area (Å²) < 4.78 is 4.19. The summed E-state index contributed by atoms with van der Waals surface area (Å²) in [6, 6.07) is 0. The van der Waals surface area contributed by atoms with Gasteiger partial charge in [-0.25, -0.2) is 9.59 Å². The van der Waals surface area contributed by atoms with Gasteiger partial charge in [-0.05, 0) is 0 Å². The Kier molecular flexibility index (Phi) is 18.7. The fourth-order valence-corrected chi connectivity index (χ4v) is 0.702. The van der Waals surface area contributed by atoms with Gasteiger partial charge in [0.05, 0.1) is 6.42 Å². The van der Waals surface area contributed by atoms with Crippen LogP contribution in [0.15, 0.2) is 0 Å². The monoisotopic (exact) mass is 264 g/mol. The van der Waals surface area contributed by atoms with Crippen molar-refractivity contribution >= 4 is 107 Å². The fourth-order valence-electron chi connectivity index (χ4n) is 0.702. The van der Waals surface area contributed by atoms with Crippen LogP contribution in [0.1, 0.15) is 6.42 Å². The first-order chi connectivity index (χ1) is 5.86. The van der Waals surface area contributed by atoms with Crippen LogP contribution in [0.5, 0.6) is 0 Å². The number of aliphatic carboxylic acids is 3. The molecule has 0 bridgehead atoms. The molecule has 0 saturated heterocycles. The Balaban J connectivity index is -0.000000240. The van der Waals surface area contributed by atoms with E-state index in [1.165, 1.54) is 0 Å². The third-order valence-corrected chi connectivity index (χ3v) is 1.44. The van der Waals surface area contributed by atoms with Gasteiger partial charge in [0.15, 0.2) is 0 Å². The average Bonchev–Trinajstić information content (AvgIpc) is 1.98. The zero-order valence-electron chi connectivity index (χ0n) is 6.68. The Hall–Kier alpha value is 1.37. The van der Waals surface area contributed by atoms with Crippen molar-refractivity contribution in [1.82, 2.24) is 0 Å². The van der Waals surface area contributed by atoms with Crippen LogP contribution in [-0.2, 0) is 19.1 Å². The molecule has 0 aromatic rings. The van der Waals surface area contributed by atoms with Crippen LogP contribution in [0, 0.1) is 0 Å². The summed E-state index contributed by atoms with van der Waals surface area (Å²) in [6.45, 7) is 0. The second-order valence-corrected chi connectivity index (χ2v) is 2.21. The van der Waals surface area contributed by atoms with Crippen LogP contribution in [0.4, 0.5) is 0 Å². The van der Waals surface area contributed by atoms with E-state index in [1.54, 1.807) is 0 Å². The molecule has 0 aromatic heterocycles. The van der Waals surface area contributed by atoms with Gasteiger partial charge in [0.25, 0.3) is 5.60 Å². The van der Waals surface area contributed by atoms with Gasteiger partial charge in [-0.15, -0.1) is 0 Å². The maximum absolute atomic E-state index is 10.5. The van der Waals surface area contributed by atoms with E-state index in [9.17, 15) is 14.4 Å². The second-order valence-electron chi connectivity index (χ2n) is 2.21. The number of methoxy groups -OCH3 is 1. The van der Waals surface area contributed by atoms with Gasteiger partial charge in [0, 0.05) is 7.11 Å². The topological polar surface area (TPSA) is 121 Å². The first-order valence-electron chi connectivity index (χ1n) is 3.10. The van der Waals surface area contributed by atoms with Crippen LogP contribution in [-0.4, -0.2) is 135 Å². The molecule has 10 heteroatoms. The molecule has 7 nitrogen and oxygen atoms in total. The van der Waals surface area contributed by atoms with E-state index in [1.807, 2.05) is 0 Å². The summed E-state index contributed by atoms with van der Waals surface area (Å²) in [5.41, 5.74) is -2.70. The number of rotatable bonds is 5. The molecular weight excluding hydrogens is 253 g/mol. The van der Waals surface area contributed by atoms with Crippen LogP contribution in [0.2, 0.25) is 0 Å². The molecule has 0 fully saturated rings. The third kappa shape index (κ3) is 6.95. The molecule has 0 aliphatic rings. The Morgan fingerprint density at radius 3 is 1.38 bits per heavy atom. The van der Waals surface area contributed by atoms with E-state index in [0.717, 1.165) is 7.11 Å². The molecule has 16 heavy (non-hydrogen) atoms. The molecule has 80 valence electrons. The van der Waals surface area contributed by atoms with Crippen molar-refractivity contribution in [3.63, 3.8) is 0 Å². The molecule has 0 heterocycles. The Morgan fingerprint density at radius 1 is 1.00 bits per heavy atom. The average molecular weight is 264 g/mol. The van der Waals surface area contributed by atoms with Gasteiger partial charge < -0.3 is 20.1 Å². The van der Waals surface area contributed by atoms with E-state index in [0.29, 0.717) is 0 Å². The predicted octanol–water partition coefficient (Wildman–Crippen LogP) is -2.93. The first kappa shape index (κ1) is 26.0. The molecule has 0 saturated carbocycles. The van der Waals surface area contributed by atoms with E-state index in [2.05, 4.69) is 4.74 Å². The molecule has 0 spiro atoms. The van der Waals surface area contributed by atoms with Crippen LogP contribution in [0.3, 0.4) is 0 Å². The van der Waals surface area contributed by atoms with Crippen molar-refractivity contribution in [1.29, 1.82) is 0 Å². The normalized spacial score (nSPS) is 8.81. The molecule has 0 radical (unpaired) electrons. The van der Waals surface area contributed by atoms with Gasteiger partial charge in [-0.1, -0.05) is 0 Å². The molecular formula is C6H11Na3O7. The van der Waals surface area contributed by atoms with E-state index in [-0.39, 0.29) is 88.7 Å². The number of hydrogen-bond donors (Lipinski definition) is 3. The standard InChI is InChI=1S/C6H8O7.3Na.3H/c1-13-6(4(9)10,5(11)12)2-3(7)8;;;;;;/h2H2,1H3,(H,7,8)(H,9,10)(H,11,12);;;;;;. The molecule has 0 rings (SSSR count). The molecule has 0 unspecified atom stereocenters. The Morgan fingerprint density at radius 2 is 1.31 bits per heavy atom. The van der Waals surface area contributed by atoms with E-state index in [4.69, 9.17) is 15.3 Å². The van der Waals surface area contributed by atoms with Gasteiger partial charge in [0.1, 0.15) is 0 Å². The van der Waals surface area contributed by atoms with Crippen molar-refractivity contribution in [3.05, 3.63) is 0 Å². The maximum atomic E-state index is 10.5. The summed E-state index contributed by atoms with van der Waals surface area (Å²) >= 11 is 0. The van der Waals surface area contributed by atoms with Crippen molar-refractivity contribution in [2.75, 3.05) is 7.11 Å². The molecule has 0 atom stereocenters. The molecule has 3 N–H and O–H groups in total. The van der Waals surface area contributed by atoms with Gasteiger partial charge in [-0.2, -0.15) is 0 Å². The SMILES string of the molecule is COC(CC(=O)O)(C(=O)O)C(=O)O.[NaH].[NaH].[NaH]. The Labute approximate surface area is 158 Å². The minimum atomic E-state index is -2.70. The number of ether oxygens (including phenoxy) is 1. The molecule has 0 aromatic carbocycles. The summed E-state index contributed by atoms with van der Waals surface area (Å²) in [7, 11) is 0.825. The predicted molar refractivity (Wildman–Crippen MR) is 58.7 cm³/mol. The van der Waals surface area contributed by atoms with E-state index >= 15 is 0 Å². The van der Waals surface area contributed by atoms with Crippen LogP contribution in [0.25, 0.3) is 0 Å². The molecule has 0 aliphatic carbocycles. The van der Waals surface area contributed by atoms with Gasteiger partial charge >= 0.3 is 107 Å². The summed E-state index contributed by atoms with van der Waals surface area (Å²) in [6.07, 6.45) is -1.13. The molecule has 0 amide bonds. The first-order valence-corrected chi connectivity index (χ1v) is 3.10. The molecule has 0 aliphatic heterocycles. The zero-order valence-corrected chi connectivity index (χ0v) is 6.68. The summed E-state index contributed by atoms with van der Waals surface area (Å²) in [5.74, 6) is -5.25. The number of carboxylic acid groups (broad SMARTS) is 3. The quantitative estimate of drug-likeness (QED) is 0.359. The zero-order chi connectivity index (χ0) is 10.6. The van der Waals surface area contributed by atoms with Gasteiger partial charge in [0.2, 0.25) is 0 Å². The van der Waals surface area contributed by atoms with Crippen LogP contribution < -0.4 is 0 Å². The summed E-state index contributed by atoms with van der Waals surface area (Å²) in [4.78, 5) is 31.1.